The number of hydrogen-bond donors (Lipinski definition) is 2. The van der Waals surface area contributed by atoms with Crippen molar-refractivity contribution in [2.75, 3.05) is 12.4 Å². The van der Waals surface area contributed by atoms with E-state index in [9.17, 15) is 4.79 Å². The predicted octanol–water partition coefficient (Wildman–Crippen LogP) is 1.34. The summed E-state index contributed by atoms with van der Waals surface area (Å²) >= 11 is 0. The molecule has 2 rings (SSSR count). The molecular formula is C13H11N5O2. The average Bonchev–Trinajstić information content (AvgIpc) is 2.93. The number of amides is 1. The number of nitrogens with one attached hydrogen (secondary N) is 2. The van der Waals surface area contributed by atoms with Gasteiger partial charge in [0.1, 0.15) is 0 Å². The second kappa shape index (κ2) is 6.15. The smallest absolute Gasteiger partial charge is 0.336 e. The van der Waals surface area contributed by atoms with Gasteiger partial charge in [0.2, 0.25) is 5.95 Å². The van der Waals surface area contributed by atoms with Gasteiger partial charge < -0.3 is 4.74 Å². The molecule has 20 heavy (non-hydrogen) atoms. The van der Waals surface area contributed by atoms with Gasteiger partial charge in [0, 0.05) is 6.08 Å². The summed E-state index contributed by atoms with van der Waals surface area (Å²) in [4.78, 5) is 15.5. The largest absolute Gasteiger partial charge is 0.466 e. The van der Waals surface area contributed by atoms with Crippen molar-refractivity contribution >= 4 is 17.9 Å². The Morgan fingerprint density at radius 3 is 3.10 bits per heavy atom. The van der Waals surface area contributed by atoms with Gasteiger partial charge in [-0.15, -0.1) is 5.10 Å². The third kappa shape index (κ3) is 3.43. The minimum absolute atomic E-state index is 0.144. The van der Waals surface area contributed by atoms with E-state index in [-0.39, 0.29) is 17.9 Å². The molecule has 7 heteroatoms. The fourth-order valence-corrected chi connectivity index (χ4v) is 1.44. The highest BCUT2D eigenvalue weighted by Crippen LogP contribution is 2.07. The van der Waals surface area contributed by atoms with Crippen LogP contribution in [0.5, 0.6) is 6.01 Å². The zero-order valence-corrected chi connectivity index (χ0v) is 10.6. The Hall–Kier alpha value is -3.14. The molecule has 0 aliphatic carbocycles. The number of aromatic nitrogens is 3. The van der Waals surface area contributed by atoms with E-state index < -0.39 is 0 Å². The van der Waals surface area contributed by atoms with Crippen LogP contribution in [-0.4, -0.2) is 28.2 Å². The van der Waals surface area contributed by atoms with Gasteiger partial charge in [0.15, 0.2) is 0 Å². The van der Waals surface area contributed by atoms with E-state index in [0.29, 0.717) is 5.56 Å². The lowest BCUT2D eigenvalue weighted by Gasteiger charge is -1.96. The Kier molecular flexibility index (Phi) is 4.09. The Bertz CT molecular complexity index is 684. The number of carbonyl (C=O) groups is 1. The van der Waals surface area contributed by atoms with Crippen LogP contribution in [0.4, 0.5) is 5.95 Å². The molecule has 1 aromatic carbocycles. The summed E-state index contributed by atoms with van der Waals surface area (Å²) in [6, 6.07) is 9.09. The summed E-state index contributed by atoms with van der Waals surface area (Å²) in [5.41, 5.74) is 1.29. The monoisotopic (exact) mass is 269 g/mol. The summed E-state index contributed by atoms with van der Waals surface area (Å²) in [5, 5.41) is 17.5. The number of H-pyrrole nitrogens is 1. The fraction of sp³-hybridized carbons (Fsp3) is 0.0769. The summed E-state index contributed by atoms with van der Waals surface area (Å²) in [6.07, 6.45) is 2.94. The number of anilines is 1. The standard InChI is InChI=1S/C13H11N5O2/c1-20-13-16-12(17-18-13)15-11(19)6-5-9-3-2-4-10(7-9)8-14/h2-7H,1H3,(H2,15,16,17,18,19)/b6-5+. The Morgan fingerprint density at radius 1 is 1.55 bits per heavy atom. The van der Waals surface area contributed by atoms with E-state index in [4.69, 9.17) is 10.00 Å². The molecule has 0 aliphatic rings. The normalized spacial score (nSPS) is 10.2. The van der Waals surface area contributed by atoms with Crippen LogP contribution in [-0.2, 0) is 4.79 Å². The molecule has 1 amide bonds. The third-order valence-electron chi connectivity index (χ3n) is 2.33. The van der Waals surface area contributed by atoms with Crippen LogP contribution in [0, 0.1) is 11.3 Å². The molecule has 0 radical (unpaired) electrons. The number of benzene rings is 1. The van der Waals surface area contributed by atoms with Crippen molar-refractivity contribution < 1.29 is 9.53 Å². The van der Waals surface area contributed by atoms with Gasteiger partial charge >= 0.3 is 6.01 Å². The van der Waals surface area contributed by atoms with Gasteiger partial charge in [-0.2, -0.15) is 10.2 Å². The summed E-state index contributed by atoms with van der Waals surface area (Å²) in [7, 11) is 1.43. The van der Waals surface area contributed by atoms with Crippen LogP contribution >= 0.6 is 0 Å². The van der Waals surface area contributed by atoms with Crippen molar-refractivity contribution in [3.05, 3.63) is 41.5 Å². The number of hydrogen-bond acceptors (Lipinski definition) is 5. The number of ether oxygens (including phenoxy) is 1. The van der Waals surface area contributed by atoms with E-state index in [2.05, 4.69) is 20.5 Å². The quantitative estimate of drug-likeness (QED) is 0.815. The SMILES string of the molecule is COc1n[nH]c(NC(=O)/C=C/c2cccc(C#N)c2)n1. The fourth-order valence-electron chi connectivity index (χ4n) is 1.44. The lowest BCUT2D eigenvalue weighted by atomic mass is 10.1. The summed E-state index contributed by atoms with van der Waals surface area (Å²) in [6.45, 7) is 0. The number of nitrogens with zero attached hydrogens (tertiary/aromatic N) is 3. The number of aromatic amines is 1. The van der Waals surface area contributed by atoms with Crippen molar-refractivity contribution in [2.45, 2.75) is 0 Å². The van der Waals surface area contributed by atoms with Gasteiger partial charge in [-0.1, -0.05) is 12.1 Å². The lowest BCUT2D eigenvalue weighted by molar-refractivity contribution is -0.111. The average molecular weight is 269 g/mol. The number of carbonyl (C=O) groups excluding carboxylic acids is 1. The highest BCUT2D eigenvalue weighted by atomic mass is 16.5. The van der Waals surface area contributed by atoms with Crippen molar-refractivity contribution in [1.82, 2.24) is 15.2 Å². The minimum atomic E-state index is -0.369. The second-order valence-electron chi connectivity index (χ2n) is 3.73. The van der Waals surface area contributed by atoms with E-state index in [1.165, 1.54) is 13.2 Å². The van der Waals surface area contributed by atoms with Crippen LogP contribution in [0.2, 0.25) is 0 Å². The maximum Gasteiger partial charge on any atom is 0.336 e. The van der Waals surface area contributed by atoms with E-state index >= 15 is 0 Å². The highest BCUT2D eigenvalue weighted by Gasteiger charge is 2.04. The molecule has 0 bridgehead atoms. The molecule has 2 N–H and O–H groups in total. The topological polar surface area (TPSA) is 104 Å². The van der Waals surface area contributed by atoms with E-state index in [1.54, 1.807) is 30.3 Å². The maximum atomic E-state index is 11.6. The van der Waals surface area contributed by atoms with Gasteiger partial charge in [-0.3, -0.25) is 10.1 Å². The number of methoxy groups -OCH3 is 1. The molecule has 0 atom stereocenters. The number of nitriles is 1. The molecule has 0 aliphatic heterocycles. The van der Waals surface area contributed by atoms with Crippen LogP contribution in [0.1, 0.15) is 11.1 Å². The zero-order chi connectivity index (χ0) is 14.4. The first kappa shape index (κ1) is 13.3. The summed E-state index contributed by atoms with van der Waals surface area (Å²) in [5.74, 6) is -0.173. The molecule has 0 spiro atoms. The second-order valence-corrected chi connectivity index (χ2v) is 3.73. The third-order valence-corrected chi connectivity index (χ3v) is 2.33. The lowest BCUT2D eigenvalue weighted by Crippen LogP contribution is -2.09. The molecule has 0 unspecified atom stereocenters. The molecule has 100 valence electrons. The number of rotatable bonds is 4. The molecule has 0 saturated carbocycles. The Balaban J connectivity index is 2.00. The van der Waals surface area contributed by atoms with Crippen LogP contribution in [0.3, 0.4) is 0 Å². The van der Waals surface area contributed by atoms with Crippen molar-refractivity contribution in [3.63, 3.8) is 0 Å². The first-order valence-corrected chi connectivity index (χ1v) is 5.67. The highest BCUT2D eigenvalue weighted by molar-refractivity contribution is 6.00. The molecule has 1 heterocycles. The first-order chi connectivity index (χ1) is 9.71. The van der Waals surface area contributed by atoms with Crippen molar-refractivity contribution in [2.24, 2.45) is 0 Å². The molecule has 2 aromatic rings. The van der Waals surface area contributed by atoms with E-state index in [1.807, 2.05) is 6.07 Å². The van der Waals surface area contributed by atoms with Gasteiger partial charge in [0.25, 0.3) is 5.91 Å². The van der Waals surface area contributed by atoms with Crippen molar-refractivity contribution in [1.29, 1.82) is 5.26 Å². The maximum absolute atomic E-state index is 11.6. The Morgan fingerprint density at radius 2 is 2.40 bits per heavy atom. The molecule has 0 saturated heterocycles. The van der Waals surface area contributed by atoms with E-state index in [0.717, 1.165) is 5.56 Å². The minimum Gasteiger partial charge on any atom is -0.466 e. The first-order valence-electron chi connectivity index (χ1n) is 5.67. The van der Waals surface area contributed by atoms with Crippen LogP contribution in [0.15, 0.2) is 30.3 Å². The molecular weight excluding hydrogens is 258 g/mol. The molecule has 1 aromatic heterocycles. The molecule has 7 nitrogen and oxygen atoms in total. The van der Waals surface area contributed by atoms with Crippen molar-refractivity contribution in [3.8, 4) is 12.1 Å². The predicted molar refractivity (Wildman–Crippen MR) is 71.8 cm³/mol. The Labute approximate surface area is 114 Å². The van der Waals surface area contributed by atoms with Crippen LogP contribution < -0.4 is 10.1 Å². The zero-order valence-electron chi connectivity index (χ0n) is 10.6. The van der Waals surface area contributed by atoms with Gasteiger partial charge in [-0.05, 0) is 23.8 Å². The summed E-state index contributed by atoms with van der Waals surface area (Å²) < 4.78 is 4.78. The van der Waals surface area contributed by atoms with Crippen LogP contribution in [0.25, 0.3) is 6.08 Å². The van der Waals surface area contributed by atoms with Gasteiger partial charge in [0.05, 0.1) is 18.7 Å². The molecule has 0 fully saturated rings. The van der Waals surface area contributed by atoms with Gasteiger partial charge in [-0.25, -0.2) is 5.10 Å².